The Labute approximate surface area is 206 Å². The van der Waals surface area contributed by atoms with E-state index < -0.39 is 6.09 Å². The number of nitrogens with two attached hydrogens (primary N) is 1. The molecule has 0 aliphatic carbocycles. The summed E-state index contributed by atoms with van der Waals surface area (Å²) in [6.07, 6.45) is 10.6. The molecule has 182 valence electrons. The van der Waals surface area contributed by atoms with Crippen LogP contribution in [0.5, 0.6) is 0 Å². The Morgan fingerprint density at radius 2 is 1.47 bits per heavy atom. The van der Waals surface area contributed by atoms with Gasteiger partial charge in [-0.3, -0.25) is 5.32 Å². The molecule has 0 saturated carbocycles. The number of aromatic nitrogens is 6. The lowest BCUT2D eigenvalue weighted by Crippen LogP contribution is -2.10. The Bertz CT molecular complexity index is 1580. The lowest BCUT2D eigenvalue weighted by molar-refractivity contribution is 0.187. The molecular weight excluding hydrogens is 456 g/mol. The Morgan fingerprint density at radius 1 is 0.889 bits per heavy atom. The molecule has 0 bridgehead atoms. The molecule has 4 heterocycles. The Hall–Kier alpha value is -4.99. The molecule has 6 rings (SSSR count). The number of rotatable bonds is 5. The lowest BCUT2D eigenvalue weighted by atomic mass is 10.2. The molecule has 6 aromatic rings. The molecular formula is C26H26N8O2. The van der Waals surface area contributed by atoms with Crippen molar-refractivity contribution >= 4 is 39.3 Å². The van der Waals surface area contributed by atoms with Crippen LogP contribution in [-0.2, 0) is 17.8 Å². The van der Waals surface area contributed by atoms with E-state index in [0.29, 0.717) is 12.2 Å². The van der Waals surface area contributed by atoms with Crippen molar-refractivity contribution in [1.29, 1.82) is 0 Å². The summed E-state index contributed by atoms with van der Waals surface area (Å²) >= 11 is 0. The third-order valence-electron chi connectivity index (χ3n) is 5.79. The highest BCUT2D eigenvalue weighted by Gasteiger charge is 2.06. The molecule has 5 N–H and O–H groups in total. The molecule has 0 aliphatic rings. The van der Waals surface area contributed by atoms with Crippen molar-refractivity contribution in [2.75, 3.05) is 18.2 Å². The molecule has 10 nitrogen and oxygen atoms in total. The zero-order chi connectivity index (χ0) is 24.9. The molecule has 0 fully saturated rings. The van der Waals surface area contributed by atoms with Gasteiger partial charge in [0.15, 0.2) is 0 Å². The minimum absolute atomic E-state index is 0.476. The van der Waals surface area contributed by atoms with Crippen LogP contribution in [-0.4, -0.2) is 42.3 Å². The fourth-order valence-electron chi connectivity index (χ4n) is 4.02. The van der Waals surface area contributed by atoms with Crippen LogP contribution in [0.2, 0.25) is 0 Å². The first-order chi connectivity index (χ1) is 17.6. The van der Waals surface area contributed by atoms with Gasteiger partial charge >= 0.3 is 6.09 Å². The van der Waals surface area contributed by atoms with E-state index in [1.54, 1.807) is 18.9 Å². The number of benzene rings is 2. The van der Waals surface area contributed by atoms with Crippen molar-refractivity contribution < 1.29 is 9.53 Å². The van der Waals surface area contributed by atoms with Gasteiger partial charge in [0.05, 0.1) is 55.3 Å². The molecule has 0 aliphatic heterocycles. The van der Waals surface area contributed by atoms with Gasteiger partial charge < -0.3 is 29.6 Å². The second-order valence-corrected chi connectivity index (χ2v) is 8.25. The van der Waals surface area contributed by atoms with E-state index in [9.17, 15) is 4.79 Å². The molecule has 4 aromatic heterocycles. The quantitative estimate of drug-likeness (QED) is 0.267. The number of carbonyl (C=O) groups is 1. The number of nitrogens with one attached hydrogen (secondary N) is 3. The summed E-state index contributed by atoms with van der Waals surface area (Å²) in [5.41, 5.74) is 11.6. The molecule has 36 heavy (non-hydrogen) atoms. The van der Waals surface area contributed by atoms with Crippen molar-refractivity contribution in [3.8, 4) is 0 Å². The van der Waals surface area contributed by atoms with Gasteiger partial charge in [-0.1, -0.05) is 12.1 Å². The molecule has 2 aromatic carbocycles. The van der Waals surface area contributed by atoms with Crippen molar-refractivity contribution in [2.24, 2.45) is 0 Å². The normalized spacial score (nSPS) is 10.8. The summed E-state index contributed by atoms with van der Waals surface area (Å²) in [5, 5.41) is 4.98. The van der Waals surface area contributed by atoms with Gasteiger partial charge in [-0.05, 0) is 47.2 Å². The van der Waals surface area contributed by atoms with Crippen LogP contribution in [0, 0.1) is 0 Å². The fourth-order valence-corrected chi connectivity index (χ4v) is 4.02. The van der Waals surface area contributed by atoms with Crippen molar-refractivity contribution in [2.45, 2.75) is 13.1 Å². The van der Waals surface area contributed by atoms with Crippen LogP contribution >= 0.6 is 0 Å². The van der Waals surface area contributed by atoms with E-state index >= 15 is 0 Å². The molecule has 0 atom stereocenters. The number of amides is 1. The standard InChI is InChI=1S/C14H14N4O2.C12H12N4/c1-20-14(19)17-11-3-2-10-4-5-18(13(10)6-11)8-12-7-15-9-16-12;13-10-2-1-9-3-4-16(12(9)5-10)7-11-6-14-8-15-11/h2-7,9H,8H2,1H3,(H,15,16)(H,17,19);1-6,8H,7,13H2,(H,14,15). The monoisotopic (exact) mass is 482 g/mol. The highest BCUT2D eigenvalue weighted by atomic mass is 16.5. The Morgan fingerprint density at radius 3 is 2.03 bits per heavy atom. The van der Waals surface area contributed by atoms with E-state index in [4.69, 9.17) is 5.73 Å². The number of H-pyrrole nitrogens is 2. The smallest absolute Gasteiger partial charge is 0.411 e. The third-order valence-corrected chi connectivity index (χ3v) is 5.79. The Kier molecular flexibility index (Phi) is 6.39. The van der Waals surface area contributed by atoms with Gasteiger partial charge in [-0.2, -0.15) is 0 Å². The van der Waals surface area contributed by atoms with E-state index in [1.165, 1.54) is 12.5 Å². The van der Waals surface area contributed by atoms with E-state index in [-0.39, 0.29) is 0 Å². The van der Waals surface area contributed by atoms with Crippen LogP contribution in [0.1, 0.15) is 11.4 Å². The maximum atomic E-state index is 11.2. The van der Waals surface area contributed by atoms with Gasteiger partial charge in [-0.25, -0.2) is 14.8 Å². The fraction of sp³-hybridized carbons (Fsp3) is 0.115. The number of ether oxygens (including phenoxy) is 1. The topological polar surface area (TPSA) is 132 Å². The number of hydrogen-bond acceptors (Lipinski definition) is 5. The highest BCUT2D eigenvalue weighted by Crippen LogP contribution is 2.22. The van der Waals surface area contributed by atoms with Crippen LogP contribution in [0.3, 0.4) is 0 Å². The second-order valence-electron chi connectivity index (χ2n) is 8.25. The maximum Gasteiger partial charge on any atom is 0.411 e. The Balaban J connectivity index is 0.000000152. The average Bonchev–Trinajstić information content (AvgIpc) is 3.70. The minimum Gasteiger partial charge on any atom is -0.453 e. The van der Waals surface area contributed by atoms with Gasteiger partial charge in [-0.15, -0.1) is 0 Å². The molecule has 0 unspecified atom stereocenters. The average molecular weight is 483 g/mol. The predicted octanol–water partition coefficient (Wildman–Crippen LogP) is 4.59. The zero-order valence-corrected chi connectivity index (χ0v) is 19.7. The SMILES string of the molecule is COC(=O)Nc1ccc2ccn(Cc3cnc[nH]3)c2c1.Nc1ccc2ccn(Cc3cnc[nH]3)c2c1. The lowest BCUT2D eigenvalue weighted by Gasteiger charge is -2.07. The number of anilines is 2. The summed E-state index contributed by atoms with van der Waals surface area (Å²) in [6, 6.07) is 15.8. The van der Waals surface area contributed by atoms with Crippen LogP contribution in [0.4, 0.5) is 16.2 Å². The highest BCUT2D eigenvalue weighted by molar-refractivity contribution is 5.90. The number of fused-ring (bicyclic) bond motifs is 2. The van der Waals surface area contributed by atoms with Gasteiger partial charge in [0.25, 0.3) is 0 Å². The van der Waals surface area contributed by atoms with Crippen LogP contribution < -0.4 is 11.1 Å². The maximum absolute atomic E-state index is 11.2. The molecule has 0 spiro atoms. The number of methoxy groups -OCH3 is 1. The van der Waals surface area contributed by atoms with E-state index in [1.807, 2.05) is 54.9 Å². The number of nitrogen functional groups attached to an aromatic ring is 1. The zero-order valence-electron chi connectivity index (χ0n) is 19.7. The summed E-state index contributed by atoms with van der Waals surface area (Å²) < 4.78 is 8.83. The largest absolute Gasteiger partial charge is 0.453 e. The number of carbonyl (C=O) groups excluding carboxylic acids is 1. The summed E-state index contributed by atoms with van der Waals surface area (Å²) in [5.74, 6) is 0. The molecule has 1 amide bonds. The van der Waals surface area contributed by atoms with Gasteiger partial charge in [0.2, 0.25) is 0 Å². The van der Waals surface area contributed by atoms with Crippen LogP contribution in [0.25, 0.3) is 21.8 Å². The first-order valence-electron chi connectivity index (χ1n) is 11.3. The number of nitrogens with zero attached hydrogens (tertiary/aromatic N) is 4. The molecule has 10 heteroatoms. The van der Waals surface area contributed by atoms with Crippen molar-refractivity contribution in [1.82, 2.24) is 29.1 Å². The molecule has 0 radical (unpaired) electrons. The number of hydrogen-bond donors (Lipinski definition) is 4. The van der Waals surface area contributed by atoms with Gasteiger partial charge in [0.1, 0.15) is 0 Å². The van der Waals surface area contributed by atoms with Crippen molar-refractivity contribution in [3.05, 3.63) is 97.4 Å². The number of imidazole rings is 2. The van der Waals surface area contributed by atoms with Crippen molar-refractivity contribution in [3.63, 3.8) is 0 Å². The van der Waals surface area contributed by atoms with Gasteiger partial charge in [0, 0.05) is 36.2 Å². The third kappa shape index (κ3) is 5.07. The first-order valence-corrected chi connectivity index (χ1v) is 11.3. The van der Waals surface area contributed by atoms with E-state index in [0.717, 1.165) is 40.0 Å². The molecule has 0 saturated heterocycles. The van der Waals surface area contributed by atoms with E-state index in [2.05, 4.69) is 51.4 Å². The second kappa shape index (κ2) is 10.1. The minimum atomic E-state index is -0.476. The first kappa shape index (κ1) is 22.8. The summed E-state index contributed by atoms with van der Waals surface area (Å²) in [6.45, 7) is 1.48. The number of aromatic amines is 2. The van der Waals surface area contributed by atoms with Crippen LogP contribution in [0.15, 0.2) is 86.0 Å². The summed E-state index contributed by atoms with van der Waals surface area (Å²) in [4.78, 5) is 25.4. The predicted molar refractivity (Wildman–Crippen MR) is 140 cm³/mol. The summed E-state index contributed by atoms with van der Waals surface area (Å²) in [7, 11) is 1.34.